The van der Waals surface area contributed by atoms with Crippen LogP contribution in [0.4, 0.5) is 5.69 Å². The van der Waals surface area contributed by atoms with E-state index in [0.717, 1.165) is 16.8 Å². The Morgan fingerprint density at radius 3 is 2.83 bits per heavy atom. The quantitative estimate of drug-likeness (QED) is 0.668. The lowest BCUT2D eigenvalue weighted by Gasteiger charge is -2.12. The Bertz CT molecular complexity index is 952. The molecule has 5 nitrogen and oxygen atoms in total. The number of anilines is 1. The molecular weight excluding hydrogens is 346 g/mol. The van der Waals surface area contributed by atoms with Crippen LogP contribution in [0.5, 0.6) is 0 Å². The molecule has 0 spiro atoms. The summed E-state index contributed by atoms with van der Waals surface area (Å²) in [5, 5.41) is 6.39. The van der Waals surface area contributed by atoms with Gasteiger partial charge in [0.05, 0.1) is 0 Å². The molecule has 7 heteroatoms. The third-order valence-electron chi connectivity index (χ3n) is 3.45. The van der Waals surface area contributed by atoms with Gasteiger partial charge in [0.25, 0.3) is 0 Å². The van der Waals surface area contributed by atoms with E-state index in [-0.39, 0.29) is 11.0 Å². The second kappa shape index (κ2) is 6.59. The number of nitrogens with zero attached hydrogens (tertiary/aromatic N) is 1. The average molecular weight is 360 g/mol. The Hall–Kier alpha value is -2.44. The number of carbonyl (C=O) groups excluding carboxylic acids is 1. The molecule has 3 aromatic rings. The van der Waals surface area contributed by atoms with Crippen molar-refractivity contribution in [1.29, 1.82) is 0 Å². The van der Waals surface area contributed by atoms with Crippen LogP contribution in [0.25, 0.3) is 22.6 Å². The Balaban J connectivity index is 1.97. The summed E-state index contributed by atoms with van der Waals surface area (Å²) < 4.78 is 5.81. The molecule has 0 unspecified atom stereocenters. The molecular formula is C17H14ClN3O2S. The Kier molecular flexibility index (Phi) is 4.51. The maximum Gasteiger partial charge on any atom is 0.227 e. The van der Waals surface area contributed by atoms with Crippen LogP contribution in [-0.4, -0.2) is 16.0 Å². The molecule has 0 radical (unpaired) electrons. The highest BCUT2D eigenvalue weighted by molar-refractivity contribution is 7.80. The van der Waals surface area contributed by atoms with Gasteiger partial charge in [0.15, 0.2) is 10.7 Å². The molecule has 0 aliphatic rings. The second-order valence-electron chi connectivity index (χ2n) is 5.24. The van der Waals surface area contributed by atoms with Gasteiger partial charge in [-0.1, -0.05) is 17.7 Å². The minimum atomic E-state index is -0.225. The molecule has 0 fully saturated rings. The molecule has 3 rings (SSSR count). The number of halogens is 1. The number of hydrogen-bond donors (Lipinski definition) is 2. The molecule has 0 atom stereocenters. The molecule has 0 saturated heterocycles. The third-order valence-corrected chi connectivity index (χ3v) is 3.89. The van der Waals surface area contributed by atoms with Gasteiger partial charge in [-0.25, -0.2) is 4.98 Å². The second-order valence-corrected chi connectivity index (χ2v) is 6.09. The largest absolute Gasteiger partial charge is 0.436 e. The monoisotopic (exact) mass is 359 g/mol. The van der Waals surface area contributed by atoms with Crippen LogP contribution in [0.3, 0.4) is 0 Å². The number of benzene rings is 2. The number of rotatable bonds is 2. The Morgan fingerprint density at radius 1 is 1.29 bits per heavy atom. The minimum Gasteiger partial charge on any atom is -0.436 e. The maximum absolute atomic E-state index is 11.1. The van der Waals surface area contributed by atoms with Gasteiger partial charge in [-0.2, -0.15) is 0 Å². The van der Waals surface area contributed by atoms with Crippen LogP contribution in [0, 0.1) is 6.92 Å². The molecule has 122 valence electrons. The molecule has 2 aromatic carbocycles. The summed E-state index contributed by atoms with van der Waals surface area (Å²) in [7, 11) is 0. The van der Waals surface area contributed by atoms with Gasteiger partial charge in [-0.15, -0.1) is 0 Å². The highest BCUT2D eigenvalue weighted by Gasteiger charge is 2.13. The first-order valence-electron chi connectivity index (χ1n) is 7.18. The van der Waals surface area contributed by atoms with Crippen LogP contribution in [0.1, 0.15) is 12.5 Å². The standard InChI is InChI=1S/C17H14ClN3O2S/c1-9-12(4-3-5-13(9)21-17(24)19-10(2)22)16-20-14-8-11(18)6-7-15(14)23-16/h3-8H,1-2H3,(H2,19,21,22,24). The molecule has 1 heterocycles. The fourth-order valence-corrected chi connectivity index (χ4v) is 2.75. The fraction of sp³-hybridized carbons (Fsp3) is 0.118. The SMILES string of the molecule is CC(=O)NC(=S)Nc1cccc(-c2nc3cc(Cl)ccc3o2)c1C. The number of carbonyl (C=O) groups is 1. The van der Waals surface area contributed by atoms with Crippen LogP contribution >= 0.6 is 23.8 Å². The zero-order chi connectivity index (χ0) is 17.3. The number of fused-ring (bicyclic) bond motifs is 1. The lowest BCUT2D eigenvalue weighted by Crippen LogP contribution is -2.32. The topological polar surface area (TPSA) is 67.2 Å². The number of thiocarbonyl (C=S) groups is 1. The Morgan fingerprint density at radius 2 is 2.08 bits per heavy atom. The number of hydrogen-bond acceptors (Lipinski definition) is 4. The maximum atomic E-state index is 11.1. The van der Waals surface area contributed by atoms with E-state index in [1.165, 1.54) is 6.92 Å². The van der Waals surface area contributed by atoms with Crippen LogP contribution in [0.15, 0.2) is 40.8 Å². The third kappa shape index (κ3) is 3.39. The van der Waals surface area contributed by atoms with E-state index in [1.807, 2.05) is 25.1 Å². The van der Waals surface area contributed by atoms with Crippen LogP contribution < -0.4 is 10.6 Å². The summed E-state index contributed by atoms with van der Waals surface area (Å²) in [6, 6.07) is 10.9. The summed E-state index contributed by atoms with van der Waals surface area (Å²) in [5.41, 5.74) is 3.87. The molecule has 0 aliphatic heterocycles. The zero-order valence-corrected chi connectivity index (χ0v) is 14.6. The van der Waals surface area contributed by atoms with Crippen molar-refractivity contribution in [3.8, 4) is 11.5 Å². The van der Waals surface area contributed by atoms with Crippen molar-refractivity contribution in [2.75, 3.05) is 5.32 Å². The van der Waals surface area contributed by atoms with Crippen molar-refractivity contribution in [3.63, 3.8) is 0 Å². The van der Waals surface area contributed by atoms with Crippen molar-refractivity contribution in [2.24, 2.45) is 0 Å². The van der Waals surface area contributed by atoms with Gasteiger partial charge in [0.1, 0.15) is 5.52 Å². The highest BCUT2D eigenvalue weighted by Crippen LogP contribution is 2.31. The highest BCUT2D eigenvalue weighted by atomic mass is 35.5. The molecule has 1 aromatic heterocycles. The molecule has 0 saturated carbocycles. The van der Waals surface area contributed by atoms with E-state index in [4.69, 9.17) is 28.2 Å². The lowest BCUT2D eigenvalue weighted by molar-refractivity contribution is -0.117. The summed E-state index contributed by atoms with van der Waals surface area (Å²) in [5.74, 6) is 0.274. The Labute approximate surface area is 149 Å². The van der Waals surface area contributed by atoms with E-state index < -0.39 is 0 Å². The summed E-state index contributed by atoms with van der Waals surface area (Å²) in [6.45, 7) is 3.33. The molecule has 0 bridgehead atoms. The van der Waals surface area contributed by atoms with E-state index in [1.54, 1.807) is 18.2 Å². The summed E-state index contributed by atoms with van der Waals surface area (Å²) in [6.07, 6.45) is 0. The molecule has 1 amide bonds. The smallest absolute Gasteiger partial charge is 0.227 e. The predicted octanol–water partition coefficient (Wildman–Crippen LogP) is 4.29. The first-order valence-corrected chi connectivity index (χ1v) is 7.97. The van der Waals surface area contributed by atoms with Crippen molar-refractivity contribution in [1.82, 2.24) is 10.3 Å². The lowest BCUT2D eigenvalue weighted by atomic mass is 10.1. The van der Waals surface area contributed by atoms with Gasteiger partial charge in [0.2, 0.25) is 11.8 Å². The van der Waals surface area contributed by atoms with Crippen molar-refractivity contribution in [2.45, 2.75) is 13.8 Å². The van der Waals surface area contributed by atoms with E-state index in [0.29, 0.717) is 22.0 Å². The van der Waals surface area contributed by atoms with E-state index in [9.17, 15) is 4.79 Å². The minimum absolute atomic E-state index is 0.225. The first-order chi connectivity index (χ1) is 11.4. The van der Waals surface area contributed by atoms with Gasteiger partial charge in [-0.05, 0) is 55.0 Å². The van der Waals surface area contributed by atoms with Gasteiger partial charge in [0, 0.05) is 23.2 Å². The van der Waals surface area contributed by atoms with Crippen LogP contribution in [-0.2, 0) is 4.79 Å². The number of aromatic nitrogens is 1. The summed E-state index contributed by atoms with van der Waals surface area (Å²) in [4.78, 5) is 15.6. The molecule has 2 N–H and O–H groups in total. The fourth-order valence-electron chi connectivity index (χ4n) is 2.33. The van der Waals surface area contributed by atoms with Crippen molar-refractivity contribution in [3.05, 3.63) is 47.0 Å². The zero-order valence-electron chi connectivity index (χ0n) is 13.0. The van der Waals surface area contributed by atoms with E-state index >= 15 is 0 Å². The van der Waals surface area contributed by atoms with Gasteiger partial charge in [-0.3, -0.25) is 4.79 Å². The predicted molar refractivity (Wildman–Crippen MR) is 99.2 cm³/mol. The number of nitrogens with one attached hydrogen (secondary N) is 2. The van der Waals surface area contributed by atoms with Gasteiger partial charge < -0.3 is 15.1 Å². The normalized spacial score (nSPS) is 10.6. The average Bonchev–Trinajstić information content (AvgIpc) is 2.91. The summed E-state index contributed by atoms with van der Waals surface area (Å²) >= 11 is 11.1. The molecule has 24 heavy (non-hydrogen) atoms. The molecule has 0 aliphatic carbocycles. The van der Waals surface area contributed by atoms with Crippen molar-refractivity contribution < 1.29 is 9.21 Å². The first kappa shape index (κ1) is 16.4. The van der Waals surface area contributed by atoms with Crippen LogP contribution in [0.2, 0.25) is 5.02 Å². The van der Waals surface area contributed by atoms with E-state index in [2.05, 4.69) is 15.6 Å². The number of oxazole rings is 1. The number of amides is 1. The van der Waals surface area contributed by atoms with Crippen molar-refractivity contribution >= 4 is 51.6 Å². The van der Waals surface area contributed by atoms with Gasteiger partial charge >= 0.3 is 0 Å².